The van der Waals surface area contributed by atoms with E-state index in [0.29, 0.717) is 12.1 Å². The molecule has 1 aliphatic rings. The van der Waals surface area contributed by atoms with E-state index in [0.717, 1.165) is 32.5 Å². The number of thiophene rings is 1. The lowest BCUT2D eigenvalue weighted by molar-refractivity contribution is 0.0281. The maximum Gasteiger partial charge on any atom is 0.188 e. The van der Waals surface area contributed by atoms with Crippen LogP contribution >= 0.6 is 35.3 Å². The maximum atomic E-state index is 5.87. The first-order chi connectivity index (χ1) is 10.3. The minimum absolute atomic E-state index is 0. The first kappa shape index (κ1) is 19.7. The second kappa shape index (κ2) is 12.1. The number of nitrogens with one attached hydrogen (secondary N) is 1. The average Bonchev–Trinajstić information content (AvgIpc) is 3.01. The molecule has 0 spiro atoms. The van der Waals surface area contributed by atoms with Crippen molar-refractivity contribution in [3.8, 4) is 0 Å². The Bertz CT molecular complexity index is 406. The summed E-state index contributed by atoms with van der Waals surface area (Å²) in [5.41, 5.74) is 5.84. The van der Waals surface area contributed by atoms with E-state index in [1.807, 2.05) is 0 Å². The number of nitrogens with zero attached hydrogens (tertiary/aromatic N) is 1. The van der Waals surface area contributed by atoms with Gasteiger partial charge in [-0.3, -0.25) is 4.99 Å². The number of aliphatic imine (C=N–C) groups is 1. The van der Waals surface area contributed by atoms with Crippen molar-refractivity contribution in [3.05, 3.63) is 22.4 Å². The van der Waals surface area contributed by atoms with E-state index in [-0.39, 0.29) is 24.0 Å². The number of hydrogen-bond acceptors (Lipinski definition) is 3. The molecule has 3 N–H and O–H groups in total. The molecule has 4 nitrogen and oxygen atoms in total. The van der Waals surface area contributed by atoms with Crippen LogP contribution in [0.5, 0.6) is 0 Å². The van der Waals surface area contributed by atoms with Crippen LogP contribution in [-0.2, 0) is 11.2 Å². The van der Waals surface area contributed by atoms with Crippen molar-refractivity contribution in [2.45, 2.75) is 51.0 Å². The standard InChI is InChI=1S/C16H27N3OS.HI/c17-16(19-11-9-15-8-4-13-21-15)18-10-5-12-20-14-6-2-1-3-7-14;/h4,8,13-14H,1-3,5-7,9-12H2,(H3,17,18,19);1H. The van der Waals surface area contributed by atoms with Gasteiger partial charge in [-0.05, 0) is 37.1 Å². The van der Waals surface area contributed by atoms with Crippen LogP contribution in [0.2, 0.25) is 0 Å². The summed E-state index contributed by atoms with van der Waals surface area (Å²) in [7, 11) is 0. The number of nitrogens with two attached hydrogens (primary N) is 1. The fourth-order valence-electron chi connectivity index (χ4n) is 2.57. The number of guanidine groups is 1. The molecule has 0 saturated heterocycles. The lowest BCUT2D eigenvalue weighted by atomic mass is 9.98. The zero-order valence-electron chi connectivity index (χ0n) is 13.1. The Labute approximate surface area is 154 Å². The molecule has 22 heavy (non-hydrogen) atoms. The fraction of sp³-hybridized carbons (Fsp3) is 0.688. The number of hydrogen-bond donors (Lipinski definition) is 2. The minimum atomic E-state index is 0. The monoisotopic (exact) mass is 437 g/mol. The van der Waals surface area contributed by atoms with Gasteiger partial charge in [0.05, 0.1) is 6.10 Å². The van der Waals surface area contributed by atoms with Crippen molar-refractivity contribution in [3.63, 3.8) is 0 Å². The first-order valence-electron chi connectivity index (χ1n) is 8.02. The lowest BCUT2D eigenvalue weighted by Gasteiger charge is -2.21. The SMILES string of the molecule is I.NC(=NCCCOC1CCCCC1)NCCc1cccs1. The van der Waals surface area contributed by atoms with Gasteiger partial charge in [-0.1, -0.05) is 25.3 Å². The topological polar surface area (TPSA) is 59.6 Å². The van der Waals surface area contributed by atoms with Gasteiger partial charge in [-0.15, -0.1) is 35.3 Å². The Kier molecular flexibility index (Phi) is 10.9. The van der Waals surface area contributed by atoms with Crippen LogP contribution in [0.25, 0.3) is 0 Å². The molecular formula is C16H28IN3OS. The molecule has 0 amide bonds. The normalized spacial score (nSPS) is 16.3. The summed E-state index contributed by atoms with van der Waals surface area (Å²) in [5, 5.41) is 5.25. The van der Waals surface area contributed by atoms with E-state index in [1.54, 1.807) is 11.3 Å². The van der Waals surface area contributed by atoms with Gasteiger partial charge >= 0.3 is 0 Å². The van der Waals surface area contributed by atoms with Crippen molar-refractivity contribution in [2.75, 3.05) is 19.7 Å². The molecule has 1 saturated carbocycles. The summed E-state index contributed by atoms with van der Waals surface area (Å²) in [6.45, 7) is 2.38. The first-order valence-corrected chi connectivity index (χ1v) is 8.90. The van der Waals surface area contributed by atoms with Crippen molar-refractivity contribution in [1.82, 2.24) is 5.32 Å². The average molecular weight is 437 g/mol. The highest BCUT2D eigenvalue weighted by Crippen LogP contribution is 2.20. The highest BCUT2D eigenvalue weighted by atomic mass is 127. The molecule has 0 aliphatic heterocycles. The van der Waals surface area contributed by atoms with Crippen LogP contribution in [0.1, 0.15) is 43.4 Å². The number of rotatable bonds is 8. The Morgan fingerprint density at radius 2 is 2.18 bits per heavy atom. The van der Waals surface area contributed by atoms with Gasteiger partial charge < -0.3 is 15.8 Å². The highest BCUT2D eigenvalue weighted by molar-refractivity contribution is 14.0. The Balaban J connectivity index is 0.00000242. The van der Waals surface area contributed by atoms with Gasteiger partial charge in [0.1, 0.15) is 0 Å². The highest BCUT2D eigenvalue weighted by Gasteiger charge is 2.12. The second-order valence-corrected chi connectivity index (χ2v) is 6.54. The third kappa shape index (κ3) is 8.33. The molecule has 0 unspecified atom stereocenters. The Hall–Kier alpha value is -0.340. The maximum absolute atomic E-state index is 5.87. The van der Waals surface area contributed by atoms with Crippen LogP contribution in [0.3, 0.4) is 0 Å². The van der Waals surface area contributed by atoms with Crippen LogP contribution in [0.4, 0.5) is 0 Å². The number of ether oxygens (including phenoxy) is 1. The predicted molar refractivity (Wildman–Crippen MR) is 105 cm³/mol. The van der Waals surface area contributed by atoms with E-state index in [9.17, 15) is 0 Å². The molecular weight excluding hydrogens is 409 g/mol. The quantitative estimate of drug-likeness (QED) is 0.283. The molecule has 0 radical (unpaired) electrons. The second-order valence-electron chi connectivity index (χ2n) is 5.51. The van der Waals surface area contributed by atoms with Crippen molar-refractivity contribution < 1.29 is 4.74 Å². The largest absolute Gasteiger partial charge is 0.378 e. The fourth-order valence-corrected chi connectivity index (χ4v) is 3.28. The summed E-state index contributed by atoms with van der Waals surface area (Å²) in [6, 6.07) is 4.21. The van der Waals surface area contributed by atoms with E-state index < -0.39 is 0 Å². The summed E-state index contributed by atoms with van der Waals surface area (Å²) < 4.78 is 5.87. The molecule has 6 heteroatoms. The predicted octanol–water partition coefficient (Wildman–Crippen LogP) is 3.55. The van der Waals surface area contributed by atoms with Gasteiger partial charge in [0.25, 0.3) is 0 Å². The molecule has 1 aromatic rings. The van der Waals surface area contributed by atoms with Gasteiger partial charge in [-0.25, -0.2) is 0 Å². The molecule has 1 fully saturated rings. The Morgan fingerprint density at radius 1 is 1.36 bits per heavy atom. The summed E-state index contributed by atoms with van der Waals surface area (Å²) in [6.07, 6.45) is 8.92. The third-order valence-corrected chi connectivity index (χ3v) is 4.68. The summed E-state index contributed by atoms with van der Waals surface area (Å²) in [4.78, 5) is 5.70. The van der Waals surface area contributed by atoms with Crippen LogP contribution < -0.4 is 11.1 Å². The summed E-state index contributed by atoms with van der Waals surface area (Å²) >= 11 is 1.78. The van der Waals surface area contributed by atoms with Crippen LogP contribution in [0.15, 0.2) is 22.5 Å². The van der Waals surface area contributed by atoms with Crippen molar-refractivity contribution in [1.29, 1.82) is 0 Å². The third-order valence-electron chi connectivity index (χ3n) is 3.75. The smallest absolute Gasteiger partial charge is 0.188 e. The van der Waals surface area contributed by atoms with Crippen LogP contribution in [-0.4, -0.2) is 31.8 Å². The zero-order valence-corrected chi connectivity index (χ0v) is 16.3. The van der Waals surface area contributed by atoms with Crippen LogP contribution in [0, 0.1) is 0 Å². The lowest BCUT2D eigenvalue weighted by Crippen LogP contribution is -2.33. The Morgan fingerprint density at radius 3 is 2.91 bits per heavy atom. The molecule has 1 heterocycles. The summed E-state index contributed by atoms with van der Waals surface area (Å²) in [5.74, 6) is 0.546. The van der Waals surface area contributed by atoms with Crippen molar-refractivity contribution >= 4 is 41.3 Å². The van der Waals surface area contributed by atoms with Gasteiger partial charge in [-0.2, -0.15) is 0 Å². The molecule has 0 bridgehead atoms. The van der Waals surface area contributed by atoms with E-state index in [2.05, 4.69) is 27.8 Å². The molecule has 126 valence electrons. The molecule has 1 aliphatic carbocycles. The molecule has 1 aromatic heterocycles. The zero-order chi connectivity index (χ0) is 14.8. The number of halogens is 1. The molecule has 0 aromatic carbocycles. The van der Waals surface area contributed by atoms with Gasteiger partial charge in [0, 0.05) is 24.6 Å². The van der Waals surface area contributed by atoms with E-state index >= 15 is 0 Å². The minimum Gasteiger partial charge on any atom is -0.378 e. The van der Waals surface area contributed by atoms with E-state index in [1.165, 1.54) is 37.0 Å². The van der Waals surface area contributed by atoms with Gasteiger partial charge in [0.2, 0.25) is 0 Å². The van der Waals surface area contributed by atoms with E-state index in [4.69, 9.17) is 10.5 Å². The molecule has 0 atom stereocenters. The van der Waals surface area contributed by atoms with Gasteiger partial charge in [0.15, 0.2) is 5.96 Å². The van der Waals surface area contributed by atoms with Crippen molar-refractivity contribution in [2.24, 2.45) is 10.7 Å². The molecule has 2 rings (SSSR count).